The average molecular weight is 240 g/mol. The number of halogens is 1. The van der Waals surface area contributed by atoms with E-state index in [0.29, 0.717) is 12.8 Å². The second kappa shape index (κ2) is 3.91. The minimum absolute atomic E-state index is 0.0888. The quantitative estimate of drug-likeness (QED) is 0.848. The van der Waals surface area contributed by atoms with Crippen LogP contribution in [0.4, 0.5) is 4.39 Å². The lowest BCUT2D eigenvalue weighted by Crippen LogP contribution is -2.43. The highest BCUT2D eigenvalue weighted by molar-refractivity contribution is 5.83. The highest BCUT2D eigenvalue weighted by atomic mass is 19.1. The molecule has 0 heterocycles. The molecule has 1 saturated carbocycles. The number of ether oxygens (including phenoxy) is 1. The van der Waals surface area contributed by atoms with Gasteiger partial charge in [0.1, 0.15) is 0 Å². The highest BCUT2D eigenvalue weighted by Gasteiger charge is 2.48. The van der Waals surface area contributed by atoms with E-state index in [1.54, 1.807) is 0 Å². The zero-order valence-corrected chi connectivity index (χ0v) is 9.36. The highest BCUT2D eigenvalue weighted by Crippen LogP contribution is 2.47. The Morgan fingerprint density at radius 3 is 2.53 bits per heavy atom. The topological polar surface area (TPSA) is 66.8 Å². The first-order valence-corrected chi connectivity index (χ1v) is 5.32. The number of phenolic OH excluding ortho intramolecular Hbond substituents is 1. The van der Waals surface area contributed by atoms with Crippen molar-refractivity contribution in [1.29, 1.82) is 0 Å². The van der Waals surface area contributed by atoms with Crippen molar-refractivity contribution in [3.05, 3.63) is 23.5 Å². The van der Waals surface area contributed by atoms with Crippen LogP contribution in [0.5, 0.6) is 11.5 Å². The fourth-order valence-electron chi connectivity index (χ4n) is 2.24. The SMILES string of the molecule is COc1c(O)ccc(C2(C(=O)O)CCC2)c1F. The minimum Gasteiger partial charge on any atom is -0.504 e. The number of carbonyl (C=O) groups is 1. The van der Waals surface area contributed by atoms with Gasteiger partial charge in [-0.25, -0.2) is 4.39 Å². The van der Waals surface area contributed by atoms with Gasteiger partial charge in [0, 0.05) is 5.56 Å². The molecule has 1 fully saturated rings. The Morgan fingerprint density at radius 2 is 2.12 bits per heavy atom. The lowest BCUT2D eigenvalue weighted by atomic mass is 9.64. The van der Waals surface area contributed by atoms with Gasteiger partial charge in [0.25, 0.3) is 0 Å². The molecule has 2 N–H and O–H groups in total. The first-order chi connectivity index (χ1) is 8.03. The summed E-state index contributed by atoms with van der Waals surface area (Å²) in [4.78, 5) is 11.3. The van der Waals surface area contributed by atoms with Crippen molar-refractivity contribution in [2.24, 2.45) is 0 Å². The van der Waals surface area contributed by atoms with Crippen molar-refractivity contribution in [2.45, 2.75) is 24.7 Å². The Labute approximate surface area is 97.6 Å². The number of aromatic hydroxyl groups is 1. The average Bonchev–Trinajstić information content (AvgIpc) is 2.20. The van der Waals surface area contributed by atoms with Crippen molar-refractivity contribution >= 4 is 5.97 Å². The molecule has 4 nitrogen and oxygen atoms in total. The lowest BCUT2D eigenvalue weighted by molar-refractivity contribution is -0.147. The van der Waals surface area contributed by atoms with Gasteiger partial charge in [-0.05, 0) is 18.9 Å². The van der Waals surface area contributed by atoms with Crippen LogP contribution in [0.3, 0.4) is 0 Å². The second-order valence-electron chi connectivity index (χ2n) is 4.22. The van der Waals surface area contributed by atoms with E-state index in [1.807, 2.05) is 0 Å². The van der Waals surface area contributed by atoms with Crippen molar-refractivity contribution in [3.8, 4) is 11.5 Å². The number of benzene rings is 1. The molecular weight excluding hydrogens is 227 g/mol. The predicted molar refractivity (Wildman–Crippen MR) is 57.8 cm³/mol. The lowest BCUT2D eigenvalue weighted by Gasteiger charge is -2.38. The van der Waals surface area contributed by atoms with Gasteiger partial charge in [-0.3, -0.25) is 4.79 Å². The molecule has 17 heavy (non-hydrogen) atoms. The number of carboxylic acids is 1. The van der Waals surface area contributed by atoms with E-state index in [-0.39, 0.29) is 17.1 Å². The molecule has 2 rings (SSSR count). The van der Waals surface area contributed by atoms with Gasteiger partial charge in [0.15, 0.2) is 17.3 Å². The van der Waals surface area contributed by atoms with E-state index in [0.717, 1.165) is 6.42 Å². The Bertz CT molecular complexity index is 466. The van der Waals surface area contributed by atoms with Crippen molar-refractivity contribution in [2.75, 3.05) is 7.11 Å². The molecule has 5 heteroatoms. The van der Waals surface area contributed by atoms with Gasteiger partial charge in [0.05, 0.1) is 12.5 Å². The van der Waals surface area contributed by atoms with Crippen molar-refractivity contribution < 1.29 is 24.1 Å². The molecule has 0 saturated heterocycles. The van der Waals surface area contributed by atoms with Crippen molar-refractivity contribution in [1.82, 2.24) is 0 Å². The van der Waals surface area contributed by atoms with E-state index < -0.39 is 17.2 Å². The smallest absolute Gasteiger partial charge is 0.314 e. The van der Waals surface area contributed by atoms with E-state index in [2.05, 4.69) is 0 Å². The summed E-state index contributed by atoms with van der Waals surface area (Å²) in [5.41, 5.74) is -1.07. The standard InChI is InChI=1S/C12H13FO4/c1-17-10-8(14)4-3-7(9(10)13)12(11(15)16)5-2-6-12/h3-4,14H,2,5-6H2,1H3,(H,15,16). The normalized spacial score (nSPS) is 17.3. The summed E-state index contributed by atoms with van der Waals surface area (Å²) in [6.45, 7) is 0. The zero-order valence-electron chi connectivity index (χ0n) is 9.36. The van der Waals surface area contributed by atoms with Crippen LogP contribution in [0.15, 0.2) is 12.1 Å². The number of carboxylic acid groups (broad SMARTS) is 1. The number of aliphatic carboxylic acids is 1. The number of hydrogen-bond acceptors (Lipinski definition) is 3. The molecule has 1 aromatic rings. The van der Waals surface area contributed by atoms with Crippen LogP contribution in [0.1, 0.15) is 24.8 Å². The van der Waals surface area contributed by atoms with Gasteiger partial charge in [-0.15, -0.1) is 0 Å². The fraction of sp³-hybridized carbons (Fsp3) is 0.417. The molecule has 0 amide bonds. The maximum atomic E-state index is 14.1. The van der Waals surface area contributed by atoms with E-state index in [4.69, 9.17) is 4.74 Å². The van der Waals surface area contributed by atoms with Crippen LogP contribution in [0, 0.1) is 5.82 Å². The first kappa shape index (κ1) is 11.7. The van der Waals surface area contributed by atoms with Gasteiger partial charge >= 0.3 is 5.97 Å². The Hall–Kier alpha value is -1.78. The van der Waals surface area contributed by atoms with Gasteiger partial charge in [-0.2, -0.15) is 0 Å². The summed E-state index contributed by atoms with van der Waals surface area (Å²) in [7, 11) is 1.23. The van der Waals surface area contributed by atoms with E-state index in [1.165, 1.54) is 19.2 Å². The van der Waals surface area contributed by atoms with Crippen LogP contribution >= 0.6 is 0 Å². The molecule has 1 aliphatic carbocycles. The number of hydrogen-bond donors (Lipinski definition) is 2. The molecule has 0 bridgehead atoms. The van der Waals surface area contributed by atoms with E-state index >= 15 is 0 Å². The Kier molecular flexibility index (Phi) is 2.69. The Morgan fingerprint density at radius 1 is 1.47 bits per heavy atom. The van der Waals surface area contributed by atoms with Crippen LogP contribution in [-0.4, -0.2) is 23.3 Å². The van der Waals surface area contributed by atoms with Crippen molar-refractivity contribution in [3.63, 3.8) is 0 Å². The fourth-order valence-corrected chi connectivity index (χ4v) is 2.24. The number of methoxy groups -OCH3 is 1. The van der Waals surface area contributed by atoms with Gasteiger partial charge in [0.2, 0.25) is 0 Å². The summed E-state index contributed by atoms with van der Waals surface area (Å²) >= 11 is 0. The molecule has 1 aromatic carbocycles. The summed E-state index contributed by atoms with van der Waals surface area (Å²) in [6.07, 6.45) is 1.58. The Balaban J connectivity index is 2.56. The number of phenols is 1. The molecule has 0 radical (unpaired) electrons. The summed E-state index contributed by atoms with van der Waals surface area (Å²) in [5.74, 6) is -2.44. The molecule has 0 atom stereocenters. The summed E-state index contributed by atoms with van der Waals surface area (Å²) in [5, 5.41) is 18.6. The molecule has 0 unspecified atom stereocenters. The third kappa shape index (κ3) is 1.53. The van der Waals surface area contributed by atoms with Gasteiger partial charge in [-0.1, -0.05) is 12.5 Å². The van der Waals surface area contributed by atoms with Crippen LogP contribution < -0.4 is 4.74 Å². The monoisotopic (exact) mass is 240 g/mol. The van der Waals surface area contributed by atoms with E-state index in [9.17, 15) is 19.4 Å². The number of rotatable bonds is 3. The summed E-state index contributed by atoms with van der Waals surface area (Å²) in [6, 6.07) is 2.58. The first-order valence-electron chi connectivity index (χ1n) is 5.32. The molecule has 0 spiro atoms. The van der Waals surface area contributed by atoms with Crippen LogP contribution in [0.2, 0.25) is 0 Å². The maximum absolute atomic E-state index is 14.1. The zero-order chi connectivity index (χ0) is 12.6. The molecular formula is C12H13FO4. The van der Waals surface area contributed by atoms with Crippen LogP contribution in [0.25, 0.3) is 0 Å². The summed E-state index contributed by atoms with van der Waals surface area (Å²) < 4.78 is 18.8. The molecule has 1 aliphatic rings. The second-order valence-corrected chi connectivity index (χ2v) is 4.22. The largest absolute Gasteiger partial charge is 0.504 e. The molecule has 92 valence electrons. The minimum atomic E-state index is -1.16. The third-order valence-electron chi connectivity index (χ3n) is 3.41. The molecule has 0 aliphatic heterocycles. The van der Waals surface area contributed by atoms with Crippen LogP contribution in [-0.2, 0) is 10.2 Å². The molecule has 0 aromatic heterocycles. The van der Waals surface area contributed by atoms with Gasteiger partial charge < -0.3 is 14.9 Å². The maximum Gasteiger partial charge on any atom is 0.314 e. The predicted octanol–water partition coefficient (Wildman–Crippen LogP) is 2.05. The third-order valence-corrected chi connectivity index (χ3v) is 3.41.